The first-order valence-electron chi connectivity index (χ1n) is 5.55. The first kappa shape index (κ1) is 14.0. The van der Waals surface area contributed by atoms with Gasteiger partial charge in [0.2, 0.25) is 0 Å². The number of benzene rings is 2. The van der Waals surface area contributed by atoms with Crippen LogP contribution in [0.15, 0.2) is 46.9 Å². The van der Waals surface area contributed by atoms with Gasteiger partial charge in [0.05, 0.1) is 5.56 Å². The van der Waals surface area contributed by atoms with Crippen molar-refractivity contribution >= 4 is 33.4 Å². The van der Waals surface area contributed by atoms with E-state index in [-0.39, 0.29) is 12.1 Å². The molecule has 98 valence electrons. The molecule has 0 radical (unpaired) electrons. The summed E-state index contributed by atoms with van der Waals surface area (Å²) in [6, 6.07) is 11.6. The van der Waals surface area contributed by atoms with E-state index in [1.54, 1.807) is 24.3 Å². The summed E-state index contributed by atoms with van der Waals surface area (Å²) in [6.45, 7) is 0.249. The lowest BCUT2D eigenvalue weighted by molar-refractivity contribution is 0.0946. The monoisotopic (exact) mass is 341 g/mol. The summed E-state index contributed by atoms with van der Waals surface area (Å²) in [4.78, 5) is 11.9. The molecule has 2 aromatic carbocycles. The van der Waals surface area contributed by atoms with Gasteiger partial charge in [-0.15, -0.1) is 0 Å². The van der Waals surface area contributed by atoms with Crippen LogP contribution in [-0.2, 0) is 6.54 Å². The summed E-state index contributed by atoms with van der Waals surface area (Å²) in [6.07, 6.45) is 0. The predicted molar refractivity (Wildman–Crippen MR) is 76.7 cm³/mol. The molecule has 0 aromatic heterocycles. The van der Waals surface area contributed by atoms with Crippen LogP contribution in [0, 0.1) is 5.82 Å². The highest BCUT2D eigenvalue weighted by atomic mass is 79.9. The number of carbonyl (C=O) groups is 1. The number of halogens is 3. The van der Waals surface area contributed by atoms with Crippen molar-refractivity contribution in [1.29, 1.82) is 0 Å². The van der Waals surface area contributed by atoms with Crippen molar-refractivity contribution in [1.82, 2.24) is 5.32 Å². The van der Waals surface area contributed by atoms with E-state index < -0.39 is 11.7 Å². The first-order chi connectivity index (χ1) is 9.09. The Hall–Kier alpha value is -1.39. The summed E-state index contributed by atoms with van der Waals surface area (Å²) in [5.41, 5.74) is 0.777. The summed E-state index contributed by atoms with van der Waals surface area (Å²) >= 11 is 9.14. The predicted octanol–water partition coefficient (Wildman–Crippen LogP) is 4.17. The van der Waals surface area contributed by atoms with Crippen molar-refractivity contribution in [3.63, 3.8) is 0 Å². The van der Waals surface area contributed by atoms with E-state index in [1.165, 1.54) is 12.1 Å². The third-order valence-corrected chi connectivity index (χ3v) is 3.62. The minimum absolute atomic E-state index is 0.00504. The maximum absolute atomic E-state index is 13.6. The maximum Gasteiger partial charge on any atom is 0.255 e. The van der Waals surface area contributed by atoms with Crippen molar-refractivity contribution in [2.24, 2.45) is 0 Å². The number of amides is 1. The lowest BCUT2D eigenvalue weighted by Gasteiger charge is -2.08. The van der Waals surface area contributed by atoms with E-state index in [0.29, 0.717) is 9.50 Å². The molecule has 19 heavy (non-hydrogen) atoms. The van der Waals surface area contributed by atoms with Crippen LogP contribution >= 0.6 is 27.5 Å². The zero-order chi connectivity index (χ0) is 13.8. The third kappa shape index (κ3) is 3.33. The Labute approximate surface area is 123 Å². The second-order valence-corrected chi connectivity index (χ2v) is 5.13. The molecule has 0 saturated carbocycles. The van der Waals surface area contributed by atoms with E-state index in [1.807, 2.05) is 6.07 Å². The molecule has 1 N–H and O–H groups in total. The zero-order valence-corrected chi connectivity index (χ0v) is 12.1. The van der Waals surface area contributed by atoms with Crippen LogP contribution in [0.3, 0.4) is 0 Å². The van der Waals surface area contributed by atoms with Gasteiger partial charge in [-0.05, 0) is 39.7 Å². The summed E-state index contributed by atoms with van der Waals surface area (Å²) in [5.74, 6) is -1.05. The van der Waals surface area contributed by atoms with E-state index in [2.05, 4.69) is 21.2 Å². The summed E-state index contributed by atoms with van der Waals surface area (Å²) < 4.78 is 14.0. The van der Waals surface area contributed by atoms with Crippen molar-refractivity contribution in [3.8, 4) is 0 Å². The molecule has 0 atom stereocenters. The molecule has 1 amide bonds. The molecule has 0 aliphatic carbocycles. The Kier molecular flexibility index (Phi) is 4.56. The summed E-state index contributed by atoms with van der Waals surface area (Å²) in [7, 11) is 0. The van der Waals surface area contributed by atoms with Gasteiger partial charge in [0.25, 0.3) is 5.91 Å². The van der Waals surface area contributed by atoms with E-state index in [4.69, 9.17) is 11.6 Å². The molecular weight excluding hydrogens is 333 g/mol. The van der Waals surface area contributed by atoms with Crippen LogP contribution in [0.4, 0.5) is 4.39 Å². The second kappa shape index (κ2) is 6.17. The second-order valence-electron chi connectivity index (χ2n) is 3.87. The summed E-state index contributed by atoms with van der Waals surface area (Å²) in [5, 5.41) is 3.21. The Balaban J connectivity index is 2.13. The number of rotatable bonds is 3. The molecule has 0 unspecified atom stereocenters. The first-order valence-corrected chi connectivity index (χ1v) is 6.72. The largest absolute Gasteiger partial charge is 0.348 e. The van der Waals surface area contributed by atoms with Crippen LogP contribution < -0.4 is 5.32 Å². The van der Waals surface area contributed by atoms with Gasteiger partial charge in [-0.25, -0.2) is 4.39 Å². The molecular formula is C14H10BrClFNO. The number of hydrogen-bond donors (Lipinski definition) is 1. The number of nitrogens with one attached hydrogen (secondary N) is 1. The number of hydrogen-bond acceptors (Lipinski definition) is 1. The van der Waals surface area contributed by atoms with E-state index in [9.17, 15) is 9.18 Å². The highest BCUT2D eigenvalue weighted by Gasteiger charge is 2.15. The Morgan fingerprint density at radius 1 is 1.21 bits per heavy atom. The van der Waals surface area contributed by atoms with Gasteiger partial charge in [0.15, 0.2) is 0 Å². The fourth-order valence-electron chi connectivity index (χ4n) is 1.62. The normalized spacial score (nSPS) is 10.3. The average molecular weight is 343 g/mol. The molecule has 0 spiro atoms. The van der Waals surface area contributed by atoms with Gasteiger partial charge < -0.3 is 5.32 Å². The van der Waals surface area contributed by atoms with Crippen molar-refractivity contribution < 1.29 is 9.18 Å². The minimum atomic E-state index is -0.564. The van der Waals surface area contributed by atoms with Gasteiger partial charge in [0, 0.05) is 16.0 Å². The van der Waals surface area contributed by atoms with Crippen molar-refractivity contribution in [2.45, 2.75) is 6.54 Å². The van der Waals surface area contributed by atoms with Crippen LogP contribution in [-0.4, -0.2) is 5.91 Å². The fourth-order valence-corrected chi connectivity index (χ4v) is 2.35. The SMILES string of the molecule is O=C(NCc1ccccc1Cl)c1c(F)cccc1Br. The quantitative estimate of drug-likeness (QED) is 0.891. The minimum Gasteiger partial charge on any atom is -0.348 e. The van der Waals surface area contributed by atoms with E-state index >= 15 is 0 Å². The van der Waals surface area contributed by atoms with Crippen molar-refractivity contribution in [2.75, 3.05) is 0 Å². The van der Waals surface area contributed by atoms with Gasteiger partial charge in [-0.1, -0.05) is 35.9 Å². The van der Waals surface area contributed by atoms with Crippen LogP contribution in [0.2, 0.25) is 5.02 Å². The Morgan fingerprint density at radius 2 is 1.95 bits per heavy atom. The average Bonchev–Trinajstić information content (AvgIpc) is 2.37. The molecule has 0 fully saturated rings. The van der Waals surface area contributed by atoms with Crippen LogP contribution in [0.5, 0.6) is 0 Å². The molecule has 2 aromatic rings. The van der Waals surface area contributed by atoms with Crippen LogP contribution in [0.25, 0.3) is 0 Å². The molecule has 0 aliphatic rings. The molecule has 2 rings (SSSR count). The lowest BCUT2D eigenvalue weighted by Crippen LogP contribution is -2.24. The molecule has 0 bridgehead atoms. The van der Waals surface area contributed by atoms with Gasteiger partial charge in [-0.3, -0.25) is 4.79 Å². The smallest absolute Gasteiger partial charge is 0.255 e. The topological polar surface area (TPSA) is 29.1 Å². The highest BCUT2D eigenvalue weighted by molar-refractivity contribution is 9.10. The zero-order valence-electron chi connectivity index (χ0n) is 9.79. The Bertz CT molecular complexity index is 598. The molecule has 5 heteroatoms. The standard InChI is InChI=1S/C14H10BrClFNO/c15-10-5-3-7-12(17)13(10)14(19)18-8-9-4-1-2-6-11(9)16/h1-7H,8H2,(H,18,19). The van der Waals surface area contributed by atoms with Gasteiger partial charge in [0.1, 0.15) is 5.82 Å². The Morgan fingerprint density at radius 3 is 2.63 bits per heavy atom. The lowest BCUT2D eigenvalue weighted by atomic mass is 10.2. The van der Waals surface area contributed by atoms with E-state index in [0.717, 1.165) is 5.56 Å². The van der Waals surface area contributed by atoms with Gasteiger partial charge >= 0.3 is 0 Å². The molecule has 2 nitrogen and oxygen atoms in total. The molecule has 0 aliphatic heterocycles. The molecule has 0 heterocycles. The van der Waals surface area contributed by atoms with Crippen molar-refractivity contribution in [3.05, 3.63) is 68.9 Å². The molecule has 0 saturated heterocycles. The highest BCUT2D eigenvalue weighted by Crippen LogP contribution is 2.20. The van der Waals surface area contributed by atoms with Gasteiger partial charge in [-0.2, -0.15) is 0 Å². The van der Waals surface area contributed by atoms with Crippen LogP contribution in [0.1, 0.15) is 15.9 Å². The fraction of sp³-hybridized carbons (Fsp3) is 0.0714. The third-order valence-electron chi connectivity index (χ3n) is 2.59. The maximum atomic E-state index is 13.6. The number of carbonyl (C=O) groups excluding carboxylic acids is 1.